The van der Waals surface area contributed by atoms with Crippen molar-refractivity contribution < 1.29 is 4.42 Å². The fourth-order valence-electron chi connectivity index (χ4n) is 3.39. The largest absolute Gasteiger partial charge is 0.421 e. The molecule has 0 saturated carbocycles. The zero-order valence-corrected chi connectivity index (χ0v) is 15.8. The number of halogens is 1. The summed E-state index contributed by atoms with van der Waals surface area (Å²) in [6.45, 7) is 5.29. The molecule has 5 nitrogen and oxygen atoms in total. The van der Waals surface area contributed by atoms with Crippen molar-refractivity contribution in [2.75, 3.05) is 32.7 Å². The first kappa shape index (κ1) is 18.0. The van der Waals surface area contributed by atoms with E-state index in [-0.39, 0.29) is 5.76 Å². The Kier molecular flexibility index (Phi) is 5.43. The first-order chi connectivity index (χ1) is 13.2. The number of nitrogens with zero attached hydrogens (tertiary/aromatic N) is 3. The van der Waals surface area contributed by atoms with Gasteiger partial charge in [0.1, 0.15) is 0 Å². The second-order valence-corrected chi connectivity index (χ2v) is 7.22. The Labute approximate surface area is 163 Å². The highest BCUT2D eigenvalue weighted by atomic mass is 35.5. The minimum absolute atomic E-state index is 0.333. The summed E-state index contributed by atoms with van der Waals surface area (Å²) >= 11 is 5.98. The summed E-state index contributed by atoms with van der Waals surface area (Å²) in [5.41, 5.74) is 2.55. The summed E-state index contributed by atoms with van der Waals surface area (Å²) < 4.78 is 6.99. The number of oxazole rings is 1. The van der Waals surface area contributed by atoms with Gasteiger partial charge in [0.15, 0.2) is 5.58 Å². The SMILES string of the molecule is O=c1oc2cc(Cl)ccc2n1CN1CCN(C/C=C/c2ccccc2)CC1. The van der Waals surface area contributed by atoms with Crippen molar-refractivity contribution in [3.63, 3.8) is 0 Å². The Morgan fingerprint density at radius 1 is 1.00 bits per heavy atom. The fraction of sp³-hybridized carbons (Fsp3) is 0.286. The molecule has 0 spiro atoms. The molecule has 1 aliphatic rings. The summed E-state index contributed by atoms with van der Waals surface area (Å²) in [5, 5.41) is 0.570. The first-order valence-corrected chi connectivity index (χ1v) is 9.52. The van der Waals surface area contributed by atoms with E-state index in [2.05, 4.69) is 34.1 Å². The lowest BCUT2D eigenvalue weighted by Gasteiger charge is -2.34. The lowest BCUT2D eigenvalue weighted by molar-refractivity contribution is 0.114. The third-order valence-corrected chi connectivity index (χ3v) is 5.15. The van der Waals surface area contributed by atoms with Crippen molar-refractivity contribution in [2.45, 2.75) is 6.67 Å². The smallest absolute Gasteiger partial charge is 0.408 e. The lowest BCUT2D eigenvalue weighted by Crippen LogP contribution is -2.47. The molecule has 4 rings (SSSR count). The van der Waals surface area contributed by atoms with Gasteiger partial charge in [0.05, 0.1) is 12.2 Å². The van der Waals surface area contributed by atoms with E-state index in [1.165, 1.54) is 5.56 Å². The molecular weight excluding hydrogens is 362 g/mol. The number of fused-ring (bicyclic) bond motifs is 1. The fourth-order valence-corrected chi connectivity index (χ4v) is 3.55. The quantitative estimate of drug-likeness (QED) is 0.675. The number of aromatic nitrogens is 1. The molecule has 0 amide bonds. The highest BCUT2D eigenvalue weighted by Crippen LogP contribution is 2.19. The Morgan fingerprint density at radius 3 is 2.52 bits per heavy atom. The third kappa shape index (κ3) is 4.33. The molecule has 27 heavy (non-hydrogen) atoms. The summed E-state index contributed by atoms with van der Waals surface area (Å²) in [6.07, 6.45) is 4.37. The van der Waals surface area contributed by atoms with Crippen LogP contribution in [0.4, 0.5) is 0 Å². The molecule has 1 saturated heterocycles. The van der Waals surface area contributed by atoms with Gasteiger partial charge in [-0.25, -0.2) is 4.79 Å². The predicted octanol–water partition coefficient (Wildman–Crippen LogP) is 3.54. The molecule has 0 N–H and O–H groups in total. The summed E-state index contributed by atoms with van der Waals surface area (Å²) in [7, 11) is 0. The van der Waals surface area contributed by atoms with Crippen LogP contribution in [-0.4, -0.2) is 47.1 Å². The van der Waals surface area contributed by atoms with Gasteiger partial charge in [0.2, 0.25) is 0 Å². The van der Waals surface area contributed by atoms with Crippen molar-refractivity contribution in [3.05, 3.63) is 75.7 Å². The average Bonchev–Trinajstić information content (AvgIpc) is 2.98. The summed E-state index contributed by atoms with van der Waals surface area (Å²) in [5.74, 6) is -0.333. The van der Waals surface area contributed by atoms with Crippen molar-refractivity contribution in [1.82, 2.24) is 14.4 Å². The van der Waals surface area contributed by atoms with E-state index in [0.717, 1.165) is 38.2 Å². The van der Waals surface area contributed by atoms with E-state index in [9.17, 15) is 4.79 Å². The molecule has 0 radical (unpaired) electrons. The van der Waals surface area contributed by atoms with E-state index in [1.807, 2.05) is 24.3 Å². The zero-order valence-electron chi connectivity index (χ0n) is 15.1. The second kappa shape index (κ2) is 8.13. The Morgan fingerprint density at radius 2 is 1.74 bits per heavy atom. The van der Waals surface area contributed by atoms with Crippen LogP contribution in [0.3, 0.4) is 0 Å². The topological polar surface area (TPSA) is 41.6 Å². The predicted molar refractivity (Wildman–Crippen MR) is 109 cm³/mol. The number of rotatable bonds is 5. The molecule has 2 heterocycles. The Bertz CT molecular complexity index is 986. The van der Waals surface area contributed by atoms with E-state index in [0.29, 0.717) is 17.3 Å². The molecule has 0 bridgehead atoms. The standard InChI is InChI=1S/C21H22ClN3O2/c22-18-8-9-19-20(15-18)27-21(26)25(19)16-24-13-11-23(12-14-24)10-4-7-17-5-2-1-3-6-17/h1-9,15H,10-14,16H2/b7-4+. The van der Waals surface area contributed by atoms with Gasteiger partial charge in [0, 0.05) is 43.8 Å². The molecule has 6 heteroatoms. The van der Waals surface area contributed by atoms with Gasteiger partial charge >= 0.3 is 5.76 Å². The molecule has 1 fully saturated rings. The van der Waals surface area contributed by atoms with Gasteiger partial charge in [-0.1, -0.05) is 54.1 Å². The van der Waals surface area contributed by atoms with E-state index >= 15 is 0 Å². The van der Waals surface area contributed by atoms with Crippen molar-refractivity contribution in [3.8, 4) is 0 Å². The highest BCUT2D eigenvalue weighted by Gasteiger charge is 2.18. The molecule has 2 aromatic carbocycles. The van der Waals surface area contributed by atoms with Crippen molar-refractivity contribution in [2.24, 2.45) is 0 Å². The molecule has 1 aromatic heterocycles. The monoisotopic (exact) mass is 383 g/mol. The number of hydrogen-bond acceptors (Lipinski definition) is 4. The molecule has 140 valence electrons. The van der Waals surface area contributed by atoms with Crippen molar-refractivity contribution in [1.29, 1.82) is 0 Å². The maximum atomic E-state index is 12.2. The van der Waals surface area contributed by atoms with Crippen LogP contribution in [0.2, 0.25) is 5.02 Å². The number of piperazine rings is 1. The zero-order chi connectivity index (χ0) is 18.6. The summed E-state index contributed by atoms with van der Waals surface area (Å²) in [6, 6.07) is 15.6. The highest BCUT2D eigenvalue weighted by molar-refractivity contribution is 6.31. The van der Waals surface area contributed by atoms with Crippen LogP contribution in [0.15, 0.2) is 63.8 Å². The second-order valence-electron chi connectivity index (χ2n) is 6.78. The van der Waals surface area contributed by atoms with Gasteiger partial charge in [-0.15, -0.1) is 0 Å². The molecule has 0 atom stereocenters. The lowest BCUT2D eigenvalue weighted by atomic mass is 10.2. The van der Waals surface area contributed by atoms with Gasteiger partial charge in [-0.05, 0) is 17.7 Å². The van der Waals surface area contributed by atoms with Crippen LogP contribution >= 0.6 is 11.6 Å². The maximum Gasteiger partial charge on any atom is 0.421 e. The van der Waals surface area contributed by atoms with Gasteiger partial charge < -0.3 is 4.42 Å². The van der Waals surface area contributed by atoms with Crippen molar-refractivity contribution >= 4 is 28.8 Å². The average molecular weight is 384 g/mol. The van der Waals surface area contributed by atoms with Crippen LogP contribution < -0.4 is 5.76 Å². The molecule has 0 unspecified atom stereocenters. The molecule has 0 aliphatic carbocycles. The van der Waals surface area contributed by atoms with Crippen LogP contribution in [0.25, 0.3) is 17.2 Å². The Hall–Kier alpha value is -2.34. The van der Waals surface area contributed by atoms with Crippen LogP contribution in [0.1, 0.15) is 5.56 Å². The van der Waals surface area contributed by atoms with Gasteiger partial charge in [-0.2, -0.15) is 0 Å². The van der Waals surface area contributed by atoms with Gasteiger partial charge in [0.25, 0.3) is 0 Å². The molecule has 3 aromatic rings. The maximum absolute atomic E-state index is 12.2. The first-order valence-electron chi connectivity index (χ1n) is 9.14. The minimum atomic E-state index is -0.333. The summed E-state index contributed by atoms with van der Waals surface area (Å²) in [4.78, 5) is 16.9. The van der Waals surface area contributed by atoms with Crippen LogP contribution in [-0.2, 0) is 6.67 Å². The van der Waals surface area contributed by atoms with Gasteiger partial charge in [-0.3, -0.25) is 14.4 Å². The van der Waals surface area contributed by atoms with Crippen LogP contribution in [0.5, 0.6) is 0 Å². The minimum Gasteiger partial charge on any atom is -0.408 e. The normalized spacial score (nSPS) is 16.5. The van der Waals surface area contributed by atoms with E-state index < -0.39 is 0 Å². The number of hydrogen-bond donors (Lipinski definition) is 0. The Balaban J connectivity index is 1.33. The molecular formula is C21H22ClN3O2. The molecule has 1 aliphatic heterocycles. The van der Waals surface area contributed by atoms with E-state index in [4.69, 9.17) is 16.0 Å². The van der Waals surface area contributed by atoms with Crippen LogP contribution in [0, 0.1) is 0 Å². The third-order valence-electron chi connectivity index (χ3n) is 4.91. The number of benzene rings is 2. The van der Waals surface area contributed by atoms with E-state index in [1.54, 1.807) is 16.7 Å².